The van der Waals surface area contributed by atoms with Crippen LogP contribution in [0.5, 0.6) is 0 Å². The van der Waals surface area contributed by atoms with Crippen LogP contribution >= 0.6 is 0 Å². The fourth-order valence-corrected chi connectivity index (χ4v) is 2.95. The summed E-state index contributed by atoms with van der Waals surface area (Å²) in [6.07, 6.45) is 8.73. The molecule has 0 unspecified atom stereocenters. The predicted octanol–water partition coefficient (Wildman–Crippen LogP) is 0.944. The van der Waals surface area contributed by atoms with E-state index in [0.29, 0.717) is 13.1 Å². The van der Waals surface area contributed by atoms with Crippen LogP contribution in [0, 0.1) is 5.92 Å². The standard InChI is InChI=1S/C17H33N5O/c1-18-17(21-11-10-19-16(23)15-7-8-15)20-9-6-14-22-12-4-2-3-5-13-22/h15H,2-14H2,1H3,(H,19,23)(H2,18,20,21). The molecule has 6 heteroatoms. The lowest BCUT2D eigenvalue weighted by Crippen LogP contribution is -2.42. The summed E-state index contributed by atoms with van der Waals surface area (Å²) in [6, 6.07) is 0. The summed E-state index contributed by atoms with van der Waals surface area (Å²) in [6.45, 7) is 5.99. The Balaban J connectivity index is 1.48. The first-order valence-corrected chi connectivity index (χ1v) is 9.24. The summed E-state index contributed by atoms with van der Waals surface area (Å²) >= 11 is 0. The number of aliphatic imine (C=N–C) groups is 1. The van der Waals surface area contributed by atoms with Crippen molar-refractivity contribution in [2.75, 3.05) is 46.3 Å². The number of guanidine groups is 1. The first-order chi connectivity index (χ1) is 11.3. The van der Waals surface area contributed by atoms with Gasteiger partial charge in [0.2, 0.25) is 5.91 Å². The van der Waals surface area contributed by atoms with Gasteiger partial charge in [-0.15, -0.1) is 0 Å². The Kier molecular flexibility index (Phi) is 8.21. The van der Waals surface area contributed by atoms with Gasteiger partial charge in [0.1, 0.15) is 0 Å². The Hall–Kier alpha value is -1.30. The van der Waals surface area contributed by atoms with Crippen LogP contribution in [0.1, 0.15) is 44.9 Å². The van der Waals surface area contributed by atoms with Crippen LogP contribution in [0.3, 0.4) is 0 Å². The highest BCUT2D eigenvalue weighted by atomic mass is 16.2. The number of hydrogen-bond donors (Lipinski definition) is 3. The number of hydrogen-bond acceptors (Lipinski definition) is 3. The molecule has 0 aromatic heterocycles. The van der Waals surface area contributed by atoms with Gasteiger partial charge in [0.25, 0.3) is 0 Å². The van der Waals surface area contributed by atoms with Crippen LogP contribution in [-0.4, -0.2) is 63.1 Å². The quantitative estimate of drug-likeness (QED) is 0.353. The molecule has 2 aliphatic rings. The van der Waals surface area contributed by atoms with Crippen LogP contribution in [0.4, 0.5) is 0 Å². The average Bonchev–Trinajstić information content (AvgIpc) is 3.40. The Bertz CT molecular complexity index is 373. The summed E-state index contributed by atoms with van der Waals surface area (Å²) in [5.74, 6) is 1.31. The largest absolute Gasteiger partial charge is 0.356 e. The second-order valence-corrected chi connectivity index (χ2v) is 6.60. The number of carbonyl (C=O) groups excluding carboxylic acids is 1. The van der Waals surface area contributed by atoms with Gasteiger partial charge in [-0.05, 0) is 51.7 Å². The van der Waals surface area contributed by atoms with E-state index >= 15 is 0 Å². The third kappa shape index (κ3) is 7.68. The van der Waals surface area contributed by atoms with Gasteiger partial charge < -0.3 is 20.9 Å². The highest BCUT2D eigenvalue weighted by Gasteiger charge is 2.28. The zero-order chi connectivity index (χ0) is 16.3. The Morgan fingerprint density at radius 1 is 1.00 bits per heavy atom. The normalized spacial score (nSPS) is 20.0. The minimum Gasteiger partial charge on any atom is -0.356 e. The van der Waals surface area contributed by atoms with Crippen molar-refractivity contribution < 1.29 is 4.79 Å². The van der Waals surface area contributed by atoms with Crippen molar-refractivity contribution >= 4 is 11.9 Å². The van der Waals surface area contributed by atoms with Crippen molar-refractivity contribution in [2.45, 2.75) is 44.9 Å². The fraction of sp³-hybridized carbons (Fsp3) is 0.882. The van der Waals surface area contributed by atoms with Crippen LogP contribution < -0.4 is 16.0 Å². The molecule has 0 spiro atoms. The SMILES string of the molecule is CN=C(NCCCN1CCCCCC1)NCCNC(=O)C1CC1. The summed E-state index contributed by atoms with van der Waals surface area (Å²) in [7, 11) is 1.78. The Labute approximate surface area is 140 Å². The van der Waals surface area contributed by atoms with E-state index in [1.54, 1.807) is 7.05 Å². The highest BCUT2D eigenvalue weighted by molar-refractivity contribution is 5.81. The van der Waals surface area contributed by atoms with Gasteiger partial charge in [-0.3, -0.25) is 9.79 Å². The van der Waals surface area contributed by atoms with Crippen LogP contribution in [0.2, 0.25) is 0 Å². The first kappa shape index (κ1) is 18.0. The van der Waals surface area contributed by atoms with Crippen molar-refractivity contribution in [2.24, 2.45) is 10.9 Å². The molecule has 1 aliphatic heterocycles. The number of nitrogens with one attached hydrogen (secondary N) is 3. The number of amides is 1. The molecule has 3 N–H and O–H groups in total. The minimum atomic E-state index is 0.201. The second kappa shape index (κ2) is 10.5. The zero-order valence-electron chi connectivity index (χ0n) is 14.6. The maximum absolute atomic E-state index is 11.5. The van der Waals surface area contributed by atoms with Gasteiger partial charge in [-0.25, -0.2) is 0 Å². The Morgan fingerprint density at radius 2 is 1.65 bits per heavy atom. The maximum atomic E-state index is 11.5. The summed E-state index contributed by atoms with van der Waals surface area (Å²) in [5.41, 5.74) is 0. The molecule has 0 atom stereocenters. The molecule has 2 fully saturated rings. The summed E-state index contributed by atoms with van der Waals surface area (Å²) in [5, 5.41) is 9.54. The molecule has 6 nitrogen and oxygen atoms in total. The number of likely N-dealkylation sites (tertiary alicyclic amines) is 1. The third-order valence-electron chi connectivity index (χ3n) is 4.53. The van der Waals surface area contributed by atoms with Crippen molar-refractivity contribution in [1.82, 2.24) is 20.9 Å². The lowest BCUT2D eigenvalue weighted by Gasteiger charge is -2.20. The van der Waals surface area contributed by atoms with E-state index in [1.807, 2.05) is 0 Å². The van der Waals surface area contributed by atoms with E-state index in [1.165, 1.54) is 45.3 Å². The molecule has 0 bridgehead atoms. The Morgan fingerprint density at radius 3 is 2.30 bits per heavy atom. The van der Waals surface area contributed by atoms with E-state index in [0.717, 1.165) is 31.8 Å². The van der Waals surface area contributed by atoms with Gasteiger partial charge in [-0.2, -0.15) is 0 Å². The molecule has 1 saturated heterocycles. The summed E-state index contributed by atoms with van der Waals surface area (Å²) in [4.78, 5) is 18.3. The highest BCUT2D eigenvalue weighted by Crippen LogP contribution is 2.28. The third-order valence-corrected chi connectivity index (χ3v) is 4.53. The molecule has 132 valence electrons. The molecule has 1 saturated carbocycles. The number of carbonyl (C=O) groups is 1. The average molecular weight is 323 g/mol. The minimum absolute atomic E-state index is 0.201. The molecular weight excluding hydrogens is 290 g/mol. The molecule has 2 rings (SSSR count). The van der Waals surface area contributed by atoms with Crippen molar-refractivity contribution in [1.29, 1.82) is 0 Å². The molecule has 1 amide bonds. The van der Waals surface area contributed by atoms with Gasteiger partial charge in [0.15, 0.2) is 5.96 Å². The van der Waals surface area contributed by atoms with Crippen LogP contribution in [0.25, 0.3) is 0 Å². The molecule has 23 heavy (non-hydrogen) atoms. The molecule has 0 radical (unpaired) electrons. The molecule has 1 heterocycles. The topological polar surface area (TPSA) is 68.8 Å². The van der Waals surface area contributed by atoms with E-state index in [-0.39, 0.29) is 11.8 Å². The molecule has 0 aromatic rings. The maximum Gasteiger partial charge on any atom is 0.223 e. The second-order valence-electron chi connectivity index (χ2n) is 6.60. The van der Waals surface area contributed by atoms with E-state index in [2.05, 4.69) is 25.8 Å². The van der Waals surface area contributed by atoms with Gasteiger partial charge in [0, 0.05) is 32.6 Å². The van der Waals surface area contributed by atoms with Gasteiger partial charge in [0.05, 0.1) is 0 Å². The van der Waals surface area contributed by atoms with Crippen LogP contribution in [0.15, 0.2) is 4.99 Å². The zero-order valence-corrected chi connectivity index (χ0v) is 14.6. The summed E-state index contributed by atoms with van der Waals surface area (Å²) < 4.78 is 0. The van der Waals surface area contributed by atoms with Crippen molar-refractivity contribution in [3.8, 4) is 0 Å². The van der Waals surface area contributed by atoms with E-state index < -0.39 is 0 Å². The van der Waals surface area contributed by atoms with Crippen molar-refractivity contribution in [3.05, 3.63) is 0 Å². The number of nitrogens with zero attached hydrogens (tertiary/aromatic N) is 2. The van der Waals surface area contributed by atoms with E-state index in [4.69, 9.17) is 0 Å². The lowest BCUT2D eigenvalue weighted by atomic mass is 10.2. The smallest absolute Gasteiger partial charge is 0.223 e. The lowest BCUT2D eigenvalue weighted by molar-refractivity contribution is -0.122. The van der Waals surface area contributed by atoms with Gasteiger partial charge >= 0.3 is 0 Å². The monoisotopic (exact) mass is 323 g/mol. The fourth-order valence-electron chi connectivity index (χ4n) is 2.95. The molecular formula is C17H33N5O. The van der Waals surface area contributed by atoms with Crippen molar-refractivity contribution in [3.63, 3.8) is 0 Å². The first-order valence-electron chi connectivity index (χ1n) is 9.24. The van der Waals surface area contributed by atoms with Crippen LogP contribution in [-0.2, 0) is 4.79 Å². The predicted molar refractivity (Wildman–Crippen MR) is 94.6 cm³/mol. The number of rotatable bonds is 8. The molecule has 1 aliphatic carbocycles. The van der Waals surface area contributed by atoms with E-state index in [9.17, 15) is 4.79 Å². The molecule has 0 aromatic carbocycles. The van der Waals surface area contributed by atoms with Gasteiger partial charge in [-0.1, -0.05) is 12.8 Å².